The number of hydrogen-bond acceptors (Lipinski definition) is 5. The van der Waals surface area contributed by atoms with Crippen LogP contribution in [0.1, 0.15) is 24.0 Å². The van der Waals surface area contributed by atoms with E-state index in [4.69, 9.17) is 0 Å². The number of anilines is 1. The van der Waals surface area contributed by atoms with Crippen LogP contribution in [0, 0.1) is 19.8 Å². The summed E-state index contributed by atoms with van der Waals surface area (Å²) in [6.07, 6.45) is 1.48. The monoisotopic (exact) mass is 447 g/mol. The van der Waals surface area contributed by atoms with Crippen molar-refractivity contribution in [1.82, 2.24) is 9.21 Å². The van der Waals surface area contributed by atoms with Crippen molar-refractivity contribution < 1.29 is 13.2 Å². The van der Waals surface area contributed by atoms with E-state index >= 15 is 0 Å². The molecule has 3 heterocycles. The zero-order valence-corrected chi connectivity index (χ0v) is 19.2. The average molecular weight is 448 g/mol. The van der Waals surface area contributed by atoms with Crippen LogP contribution < -0.4 is 4.90 Å². The van der Waals surface area contributed by atoms with Crippen molar-refractivity contribution >= 4 is 33.0 Å². The SMILES string of the molecule is Cc1cccc(N2CCN(C(=O)[C@@H]3CCCN(S(=O)(=O)c4cccs4)C3)CC2)c1C. The van der Waals surface area contributed by atoms with E-state index in [2.05, 4.69) is 36.9 Å². The van der Waals surface area contributed by atoms with Crippen LogP contribution in [-0.2, 0) is 14.8 Å². The molecule has 0 spiro atoms. The van der Waals surface area contributed by atoms with Crippen LogP contribution in [0.2, 0.25) is 0 Å². The van der Waals surface area contributed by atoms with Crippen LogP contribution >= 0.6 is 11.3 Å². The zero-order valence-electron chi connectivity index (χ0n) is 17.6. The van der Waals surface area contributed by atoms with Gasteiger partial charge in [0.15, 0.2) is 0 Å². The molecule has 162 valence electrons. The van der Waals surface area contributed by atoms with Crippen molar-refractivity contribution in [3.8, 4) is 0 Å². The van der Waals surface area contributed by atoms with Crippen molar-refractivity contribution in [1.29, 1.82) is 0 Å². The first kappa shape index (κ1) is 21.3. The van der Waals surface area contributed by atoms with E-state index in [0.29, 0.717) is 23.8 Å². The molecule has 0 saturated carbocycles. The van der Waals surface area contributed by atoms with Crippen LogP contribution in [0.3, 0.4) is 0 Å². The smallest absolute Gasteiger partial charge is 0.252 e. The van der Waals surface area contributed by atoms with Gasteiger partial charge in [-0.3, -0.25) is 4.79 Å². The van der Waals surface area contributed by atoms with Gasteiger partial charge in [-0.2, -0.15) is 4.31 Å². The van der Waals surface area contributed by atoms with Crippen LogP contribution in [-0.4, -0.2) is 62.8 Å². The fourth-order valence-electron chi connectivity index (χ4n) is 4.40. The van der Waals surface area contributed by atoms with Crippen molar-refractivity contribution in [2.24, 2.45) is 5.92 Å². The predicted octanol–water partition coefficient (Wildman–Crippen LogP) is 3.11. The van der Waals surface area contributed by atoms with E-state index in [1.54, 1.807) is 17.5 Å². The fourth-order valence-corrected chi connectivity index (χ4v) is 7.07. The largest absolute Gasteiger partial charge is 0.368 e. The topological polar surface area (TPSA) is 60.9 Å². The number of piperidine rings is 1. The van der Waals surface area contributed by atoms with E-state index in [-0.39, 0.29) is 18.4 Å². The van der Waals surface area contributed by atoms with Gasteiger partial charge < -0.3 is 9.80 Å². The standard InChI is InChI=1S/C22H29N3O3S2/c1-17-6-3-8-20(18(17)2)23-11-13-24(14-12-23)22(26)19-7-4-10-25(16-19)30(27,28)21-9-5-15-29-21/h3,5-6,8-9,15,19H,4,7,10-14,16H2,1-2H3/t19-/m1/s1. The van der Waals surface area contributed by atoms with Gasteiger partial charge in [0.05, 0.1) is 5.92 Å². The van der Waals surface area contributed by atoms with Gasteiger partial charge in [-0.05, 0) is 55.3 Å². The van der Waals surface area contributed by atoms with Gasteiger partial charge >= 0.3 is 0 Å². The number of carbonyl (C=O) groups is 1. The lowest BCUT2D eigenvalue weighted by atomic mass is 9.97. The number of aryl methyl sites for hydroxylation is 1. The van der Waals surface area contributed by atoms with Gasteiger partial charge in [0.1, 0.15) is 4.21 Å². The number of rotatable bonds is 4. The summed E-state index contributed by atoms with van der Waals surface area (Å²) in [5, 5.41) is 1.77. The molecule has 0 unspecified atom stereocenters. The Morgan fingerprint density at radius 2 is 1.80 bits per heavy atom. The number of carbonyl (C=O) groups excluding carboxylic acids is 1. The molecule has 0 radical (unpaired) electrons. The first-order chi connectivity index (χ1) is 14.4. The molecular weight excluding hydrogens is 418 g/mol. The van der Waals surface area contributed by atoms with E-state index in [1.165, 1.54) is 32.5 Å². The lowest BCUT2D eigenvalue weighted by molar-refractivity contribution is -0.137. The summed E-state index contributed by atoms with van der Waals surface area (Å²) in [5.74, 6) is -0.151. The quantitative estimate of drug-likeness (QED) is 0.723. The lowest BCUT2D eigenvalue weighted by Gasteiger charge is -2.40. The highest BCUT2D eigenvalue weighted by atomic mass is 32.2. The number of piperazine rings is 1. The second kappa shape index (κ2) is 8.69. The van der Waals surface area contributed by atoms with E-state index in [9.17, 15) is 13.2 Å². The molecule has 0 N–H and O–H groups in total. The lowest BCUT2D eigenvalue weighted by Crippen LogP contribution is -2.53. The summed E-state index contributed by atoms with van der Waals surface area (Å²) in [6, 6.07) is 9.74. The number of sulfonamides is 1. The number of nitrogens with zero attached hydrogens (tertiary/aromatic N) is 3. The Morgan fingerprint density at radius 3 is 2.50 bits per heavy atom. The Labute approximate surface area is 183 Å². The third-order valence-corrected chi connectivity index (χ3v) is 9.57. The molecular formula is C22H29N3O3S2. The van der Waals surface area contributed by atoms with Crippen LogP contribution in [0.4, 0.5) is 5.69 Å². The molecule has 6 nitrogen and oxygen atoms in total. The highest BCUT2D eigenvalue weighted by Crippen LogP contribution is 2.28. The Balaban J connectivity index is 1.39. The minimum Gasteiger partial charge on any atom is -0.368 e. The number of thiophene rings is 1. The van der Waals surface area contributed by atoms with Crippen molar-refractivity contribution in [3.05, 3.63) is 46.8 Å². The highest BCUT2D eigenvalue weighted by molar-refractivity contribution is 7.91. The van der Waals surface area contributed by atoms with Crippen molar-refractivity contribution in [2.45, 2.75) is 30.9 Å². The van der Waals surface area contributed by atoms with Gasteiger partial charge in [-0.15, -0.1) is 11.3 Å². The maximum Gasteiger partial charge on any atom is 0.252 e. The summed E-state index contributed by atoms with van der Waals surface area (Å²) in [7, 11) is -3.50. The molecule has 1 aromatic heterocycles. The van der Waals surface area contributed by atoms with Gasteiger partial charge in [0.25, 0.3) is 10.0 Å². The number of benzene rings is 1. The maximum absolute atomic E-state index is 13.2. The predicted molar refractivity (Wildman–Crippen MR) is 121 cm³/mol. The molecule has 2 aliphatic rings. The molecule has 8 heteroatoms. The van der Waals surface area contributed by atoms with Gasteiger partial charge in [-0.25, -0.2) is 8.42 Å². The third-order valence-electron chi connectivity index (χ3n) is 6.33. The van der Waals surface area contributed by atoms with E-state index in [0.717, 1.165) is 25.9 Å². The Hall–Kier alpha value is -1.90. The normalized spacial score (nSPS) is 21.1. The second-order valence-electron chi connectivity index (χ2n) is 8.17. The average Bonchev–Trinajstić information content (AvgIpc) is 3.31. The summed E-state index contributed by atoms with van der Waals surface area (Å²) in [6.45, 7) is 8.02. The zero-order chi connectivity index (χ0) is 21.3. The Morgan fingerprint density at radius 1 is 1.03 bits per heavy atom. The van der Waals surface area contributed by atoms with E-state index in [1.807, 2.05) is 4.90 Å². The first-order valence-electron chi connectivity index (χ1n) is 10.5. The molecule has 1 aromatic carbocycles. The Bertz CT molecular complexity index is 997. The minimum atomic E-state index is -3.50. The molecule has 2 fully saturated rings. The Kier molecular flexibility index (Phi) is 6.18. The first-order valence-corrected chi connectivity index (χ1v) is 12.8. The van der Waals surface area contributed by atoms with Crippen molar-refractivity contribution in [2.75, 3.05) is 44.2 Å². The van der Waals surface area contributed by atoms with Crippen molar-refractivity contribution in [3.63, 3.8) is 0 Å². The summed E-state index contributed by atoms with van der Waals surface area (Å²) in [5.41, 5.74) is 3.81. The summed E-state index contributed by atoms with van der Waals surface area (Å²) < 4.78 is 27.6. The van der Waals surface area contributed by atoms with Crippen LogP contribution in [0.5, 0.6) is 0 Å². The van der Waals surface area contributed by atoms with Gasteiger partial charge in [0, 0.05) is 45.0 Å². The van der Waals surface area contributed by atoms with Crippen LogP contribution in [0.15, 0.2) is 39.9 Å². The summed E-state index contributed by atoms with van der Waals surface area (Å²) in [4.78, 5) is 17.4. The molecule has 1 amide bonds. The molecule has 0 bridgehead atoms. The molecule has 4 rings (SSSR count). The molecule has 2 aliphatic heterocycles. The minimum absolute atomic E-state index is 0.0988. The van der Waals surface area contributed by atoms with Crippen LogP contribution in [0.25, 0.3) is 0 Å². The number of hydrogen-bond donors (Lipinski definition) is 0. The maximum atomic E-state index is 13.2. The highest BCUT2D eigenvalue weighted by Gasteiger charge is 2.36. The van der Waals surface area contributed by atoms with E-state index < -0.39 is 10.0 Å². The second-order valence-corrected chi connectivity index (χ2v) is 11.3. The molecule has 30 heavy (non-hydrogen) atoms. The molecule has 1 atom stereocenters. The van der Waals surface area contributed by atoms with Gasteiger partial charge in [0.2, 0.25) is 5.91 Å². The fraction of sp³-hybridized carbons (Fsp3) is 0.500. The molecule has 2 saturated heterocycles. The summed E-state index contributed by atoms with van der Waals surface area (Å²) >= 11 is 1.23. The third kappa shape index (κ3) is 4.13. The number of amides is 1. The van der Waals surface area contributed by atoms with Gasteiger partial charge in [-0.1, -0.05) is 18.2 Å². The molecule has 0 aliphatic carbocycles. The molecule has 2 aromatic rings.